The maximum absolute atomic E-state index is 11.7. The number of primary amides is 1. The Balaban J connectivity index is 2.42. The van der Waals surface area contributed by atoms with E-state index in [1.165, 1.54) is 4.90 Å². The van der Waals surface area contributed by atoms with Gasteiger partial charge in [0, 0.05) is 12.6 Å². The molecule has 0 spiro atoms. The highest BCUT2D eigenvalue weighted by Gasteiger charge is 2.37. The van der Waals surface area contributed by atoms with E-state index in [1.54, 1.807) is 25.2 Å². The quantitative estimate of drug-likeness (QED) is 0.738. The summed E-state index contributed by atoms with van der Waals surface area (Å²) < 4.78 is 4.77. The zero-order chi connectivity index (χ0) is 11.0. The summed E-state index contributed by atoms with van der Waals surface area (Å²) in [7, 11) is 1.63. The highest BCUT2D eigenvalue weighted by molar-refractivity contribution is 6.04. The first-order chi connectivity index (χ1) is 7.11. The summed E-state index contributed by atoms with van der Waals surface area (Å²) in [5, 5.41) is 0. The molecule has 1 aromatic carbocycles. The van der Waals surface area contributed by atoms with Crippen LogP contribution in [0.3, 0.4) is 0 Å². The van der Waals surface area contributed by atoms with E-state index in [0.29, 0.717) is 5.56 Å². The van der Waals surface area contributed by atoms with Crippen molar-refractivity contribution in [2.24, 2.45) is 5.73 Å². The minimum atomic E-state index is -0.946. The van der Waals surface area contributed by atoms with Gasteiger partial charge in [-0.2, -0.15) is 0 Å². The minimum absolute atomic E-state index is 0.282. The number of benzene rings is 1. The molecule has 1 aliphatic rings. The van der Waals surface area contributed by atoms with Gasteiger partial charge >= 0.3 is 6.09 Å². The van der Waals surface area contributed by atoms with E-state index in [0.717, 1.165) is 5.69 Å². The van der Waals surface area contributed by atoms with Crippen LogP contribution in [0.1, 0.15) is 11.7 Å². The number of nitrogens with two attached hydrogens (primary N) is 1. The lowest BCUT2D eigenvalue weighted by Gasteiger charge is -2.10. The third-order valence-corrected chi connectivity index (χ3v) is 2.37. The smallest absolute Gasteiger partial charge is 0.405 e. The fourth-order valence-corrected chi connectivity index (χ4v) is 1.67. The molecule has 5 nitrogen and oxygen atoms in total. The van der Waals surface area contributed by atoms with E-state index in [-0.39, 0.29) is 5.91 Å². The molecule has 0 saturated heterocycles. The van der Waals surface area contributed by atoms with E-state index in [2.05, 4.69) is 0 Å². The third-order valence-electron chi connectivity index (χ3n) is 2.37. The Morgan fingerprint density at radius 3 is 2.80 bits per heavy atom. The largest absolute Gasteiger partial charge is 0.431 e. The van der Waals surface area contributed by atoms with Crippen LogP contribution in [-0.2, 0) is 9.53 Å². The topological polar surface area (TPSA) is 72.6 Å². The summed E-state index contributed by atoms with van der Waals surface area (Å²) in [5.74, 6) is -0.282. The Bertz CT molecular complexity index is 430. The predicted octanol–water partition coefficient (Wildman–Crippen LogP) is 0.799. The maximum atomic E-state index is 11.7. The van der Waals surface area contributed by atoms with Gasteiger partial charge in [0.05, 0.1) is 5.69 Å². The second-order valence-corrected chi connectivity index (χ2v) is 3.27. The lowest BCUT2D eigenvalue weighted by atomic mass is 10.1. The highest BCUT2D eigenvalue weighted by atomic mass is 16.6. The number of rotatable bonds is 1. The number of carbonyl (C=O) groups is 2. The van der Waals surface area contributed by atoms with Crippen molar-refractivity contribution < 1.29 is 14.3 Å². The molecule has 0 fully saturated rings. The van der Waals surface area contributed by atoms with Crippen LogP contribution in [0.2, 0.25) is 0 Å². The maximum Gasteiger partial charge on any atom is 0.405 e. The first-order valence-corrected chi connectivity index (χ1v) is 4.44. The van der Waals surface area contributed by atoms with Crippen molar-refractivity contribution in [1.29, 1.82) is 0 Å². The van der Waals surface area contributed by atoms with Crippen LogP contribution in [0.25, 0.3) is 0 Å². The van der Waals surface area contributed by atoms with Gasteiger partial charge in [-0.3, -0.25) is 4.79 Å². The van der Waals surface area contributed by atoms with Crippen LogP contribution < -0.4 is 10.6 Å². The average Bonchev–Trinajstić information content (AvgIpc) is 2.44. The Morgan fingerprint density at radius 2 is 2.13 bits per heavy atom. The first-order valence-electron chi connectivity index (χ1n) is 4.44. The molecule has 0 aliphatic carbocycles. The molecular weight excluding hydrogens is 196 g/mol. The zero-order valence-corrected chi connectivity index (χ0v) is 8.14. The van der Waals surface area contributed by atoms with Crippen molar-refractivity contribution in [1.82, 2.24) is 0 Å². The SMILES string of the molecule is CN1C(=O)C(OC(N)=O)c2ccccc21. The normalized spacial score (nSPS) is 18.9. The molecule has 78 valence electrons. The molecule has 1 aliphatic heterocycles. The Labute approximate surface area is 86.4 Å². The van der Waals surface area contributed by atoms with Gasteiger partial charge in [-0.1, -0.05) is 18.2 Å². The molecular formula is C10H10N2O3. The molecule has 0 aromatic heterocycles. The number of para-hydroxylation sites is 1. The molecule has 0 saturated carbocycles. The number of ether oxygens (including phenoxy) is 1. The number of hydrogen-bond donors (Lipinski definition) is 1. The van der Waals surface area contributed by atoms with Crippen LogP contribution in [0.5, 0.6) is 0 Å². The van der Waals surface area contributed by atoms with Gasteiger partial charge < -0.3 is 15.4 Å². The lowest BCUT2D eigenvalue weighted by Crippen LogP contribution is -2.28. The summed E-state index contributed by atoms with van der Waals surface area (Å²) in [4.78, 5) is 23.8. The van der Waals surface area contributed by atoms with Crippen molar-refractivity contribution in [2.45, 2.75) is 6.10 Å². The minimum Gasteiger partial charge on any atom is -0.431 e. The average molecular weight is 206 g/mol. The first kappa shape index (κ1) is 9.51. The van der Waals surface area contributed by atoms with Gasteiger partial charge in [0.2, 0.25) is 6.10 Å². The van der Waals surface area contributed by atoms with Gasteiger partial charge in [0.25, 0.3) is 5.91 Å². The fourth-order valence-electron chi connectivity index (χ4n) is 1.67. The molecule has 0 radical (unpaired) electrons. The zero-order valence-electron chi connectivity index (χ0n) is 8.14. The van der Waals surface area contributed by atoms with E-state index < -0.39 is 12.2 Å². The van der Waals surface area contributed by atoms with Gasteiger partial charge in [0.15, 0.2) is 0 Å². The number of amides is 2. The van der Waals surface area contributed by atoms with Crippen molar-refractivity contribution in [2.75, 3.05) is 11.9 Å². The fraction of sp³-hybridized carbons (Fsp3) is 0.200. The summed E-state index contributed by atoms with van der Waals surface area (Å²) in [6.45, 7) is 0. The summed E-state index contributed by atoms with van der Waals surface area (Å²) >= 11 is 0. The van der Waals surface area contributed by atoms with Gasteiger partial charge in [-0.25, -0.2) is 4.79 Å². The van der Waals surface area contributed by atoms with E-state index in [1.807, 2.05) is 6.07 Å². The number of nitrogens with zero attached hydrogens (tertiary/aromatic N) is 1. The molecule has 1 atom stereocenters. The number of fused-ring (bicyclic) bond motifs is 1. The van der Waals surface area contributed by atoms with Gasteiger partial charge in [-0.15, -0.1) is 0 Å². The highest BCUT2D eigenvalue weighted by Crippen LogP contribution is 2.36. The second kappa shape index (κ2) is 3.27. The summed E-state index contributed by atoms with van der Waals surface area (Å²) in [6.07, 6.45) is -1.85. The Hall–Kier alpha value is -2.04. The third kappa shape index (κ3) is 1.41. The molecule has 2 N–H and O–H groups in total. The van der Waals surface area contributed by atoms with Crippen LogP contribution in [0.4, 0.5) is 10.5 Å². The molecule has 1 unspecified atom stereocenters. The lowest BCUT2D eigenvalue weighted by molar-refractivity contribution is -0.125. The Morgan fingerprint density at radius 1 is 1.47 bits per heavy atom. The molecule has 2 amide bonds. The predicted molar refractivity (Wildman–Crippen MR) is 53.3 cm³/mol. The van der Waals surface area contributed by atoms with Gasteiger partial charge in [0.1, 0.15) is 0 Å². The molecule has 1 aromatic rings. The van der Waals surface area contributed by atoms with Crippen molar-refractivity contribution in [3.05, 3.63) is 29.8 Å². The van der Waals surface area contributed by atoms with Crippen molar-refractivity contribution >= 4 is 17.7 Å². The van der Waals surface area contributed by atoms with Crippen LogP contribution in [-0.4, -0.2) is 19.0 Å². The van der Waals surface area contributed by atoms with E-state index in [9.17, 15) is 9.59 Å². The van der Waals surface area contributed by atoms with E-state index in [4.69, 9.17) is 10.5 Å². The summed E-state index contributed by atoms with van der Waals surface area (Å²) in [6, 6.07) is 7.12. The summed E-state index contributed by atoms with van der Waals surface area (Å²) in [5.41, 5.74) is 6.32. The molecule has 1 heterocycles. The molecule has 2 rings (SSSR count). The number of anilines is 1. The Kier molecular flexibility index (Phi) is 2.07. The molecule has 5 heteroatoms. The van der Waals surface area contributed by atoms with Crippen molar-refractivity contribution in [3.8, 4) is 0 Å². The standard InChI is InChI=1S/C10H10N2O3/c1-12-7-5-3-2-4-6(7)8(9(12)13)15-10(11)14/h2-5,8H,1H3,(H2,11,14). The number of hydrogen-bond acceptors (Lipinski definition) is 3. The molecule has 0 bridgehead atoms. The van der Waals surface area contributed by atoms with Crippen LogP contribution in [0, 0.1) is 0 Å². The second-order valence-electron chi connectivity index (χ2n) is 3.27. The van der Waals surface area contributed by atoms with Gasteiger partial charge in [-0.05, 0) is 6.07 Å². The van der Waals surface area contributed by atoms with Crippen molar-refractivity contribution in [3.63, 3.8) is 0 Å². The van der Waals surface area contributed by atoms with Crippen LogP contribution in [0.15, 0.2) is 24.3 Å². The monoisotopic (exact) mass is 206 g/mol. The molecule has 15 heavy (non-hydrogen) atoms. The van der Waals surface area contributed by atoms with E-state index >= 15 is 0 Å². The number of carbonyl (C=O) groups excluding carboxylic acids is 2. The number of likely N-dealkylation sites (N-methyl/N-ethyl adjacent to an activating group) is 1. The van der Waals surface area contributed by atoms with Crippen LogP contribution >= 0.6 is 0 Å².